The molecule has 3 nitrogen and oxygen atoms in total. The molecule has 0 radical (unpaired) electrons. The van der Waals surface area contributed by atoms with E-state index in [9.17, 15) is 8.78 Å². The fourth-order valence-electron chi connectivity index (χ4n) is 1.77. The fraction of sp³-hybridized carbons (Fsp3) is 0.538. The number of aryl methyl sites for hydroxylation is 1. The van der Waals surface area contributed by atoms with Crippen LogP contribution < -0.4 is 0 Å². The molecule has 0 aliphatic carbocycles. The van der Waals surface area contributed by atoms with Gasteiger partial charge in [-0.05, 0) is 37.8 Å². The molecule has 0 N–H and O–H groups in total. The molecule has 0 amide bonds. The van der Waals surface area contributed by atoms with Crippen LogP contribution in [0.2, 0.25) is 0 Å². The summed E-state index contributed by atoms with van der Waals surface area (Å²) in [7, 11) is 1.11. The first-order valence-corrected chi connectivity index (χ1v) is 7.63. The monoisotopic (exact) mass is 290 g/mol. The molecule has 0 saturated heterocycles. The summed E-state index contributed by atoms with van der Waals surface area (Å²) < 4.78 is 41.8. The molecule has 1 aromatic rings. The molecule has 108 valence electrons. The van der Waals surface area contributed by atoms with Gasteiger partial charge in [0.1, 0.15) is 11.6 Å². The molecule has 0 spiro atoms. The highest BCUT2D eigenvalue weighted by Crippen LogP contribution is 2.14. The molecule has 0 aliphatic heterocycles. The molecule has 1 aromatic carbocycles. The molecule has 1 rings (SSSR count). The number of halogens is 2. The lowest BCUT2D eigenvalue weighted by Gasteiger charge is -2.17. The van der Waals surface area contributed by atoms with Gasteiger partial charge in [0.15, 0.2) is 0 Å². The normalized spacial score (nSPS) is 12.9. The predicted octanol–water partition coefficient (Wildman–Crippen LogP) is 2.70. The summed E-state index contributed by atoms with van der Waals surface area (Å²) in [4.78, 5) is 0. The Kier molecular flexibility index (Phi) is 7.15. The molecule has 0 fully saturated rings. The Hall–Kier alpha value is -0.823. The van der Waals surface area contributed by atoms with Gasteiger partial charge in [-0.25, -0.2) is 8.78 Å². The summed E-state index contributed by atoms with van der Waals surface area (Å²) in [5.74, 6) is -1.04. The third-order valence-corrected chi connectivity index (χ3v) is 4.26. The zero-order valence-corrected chi connectivity index (χ0v) is 12.6. The molecule has 0 aliphatic rings. The largest absolute Gasteiger partial charge is 0.483 e. The maximum atomic E-state index is 13.4. The van der Waals surface area contributed by atoms with Crippen LogP contribution in [0.3, 0.4) is 0 Å². The van der Waals surface area contributed by atoms with E-state index in [1.807, 2.05) is 6.92 Å². The minimum atomic E-state index is -2.01. The Morgan fingerprint density at radius 3 is 2.47 bits per heavy atom. The van der Waals surface area contributed by atoms with Gasteiger partial charge in [-0.1, -0.05) is 6.07 Å². The van der Waals surface area contributed by atoms with E-state index >= 15 is 0 Å². The molecule has 1 unspecified atom stereocenters. The Morgan fingerprint density at radius 2 is 1.89 bits per heavy atom. The van der Waals surface area contributed by atoms with E-state index < -0.39 is 21.2 Å². The first-order chi connectivity index (χ1) is 9.06. The lowest BCUT2D eigenvalue weighted by Crippen LogP contribution is -2.28. The lowest BCUT2D eigenvalue weighted by molar-refractivity contribution is 0.0897. The smallest absolute Gasteiger partial charge is 0.379 e. The van der Waals surface area contributed by atoms with Crippen molar-refractivity contribution in [2.24, 2.45) is 0 Å². The molecule has 0 aromatic heterocycles. The zero-order chi connectivity index (χ0) is 14.3. The maximum absolute atomic E-state index is 13.4. The standard InChI is InChI=1S/C13H20F2O3Si/c1-10(18-19(16-2)17-3)5-4-6-11-7-8-12(14)9-13(11)15/h7-10,19H,4-6H2,1-3H3. The van der Waals surface area contributed by atoms with Crippen LogP contribution in [-0.4, -0.2) is 29.9 Å². The Bertz CT molecular complexity index is 386. The minimum absolute atomic E-state index is 0.0000706. The van der Waals surface area contributed by atoms with Crippen LogP contribution in [0.5, 0.6) is 0 Å². The number of hydrogen-bond acceptors (Lipinski definition) is 3. The third-order valence-electron chi connectivity index (χ3n) is 2.80. The molecule has 6 heteroatoms. The Labute approximate surface area is 114 Å². The zero-order valence-electron chi connectivity index (χ0n) is 11.5. The van der Waals surface area contributed by atoms with Gasteiger partial charge >= 0.3 is 9.53 Å². The van der Waals surface area contributed by atoms with E-state index in [2.05, 4.69) is 0 Å². The second kappa shape index (κ2) is 8.37. The van der Waals surface area contributed by atoms with Crippen LogP contribution in [0.15, 0.2) is 18.2 Å². The SMILES string of the molecule is CO[SiH](OC)OC(C)CCCc1ccc(F)cc1F. The second-order valence-corrected chi connectivity index (χ2v) is 6.13. The summed E-state index contributed by atoms with van der Waals surface area (Å²) in [6.07, 6.45) is 2.09. The quantitative estimate of drug-likeness (QED) is 0.689. The Morgan fingerprint density at radius 1 is 1.21 bits per heavy atom. The average molecular weight is 290 g/mol. The van der Waals surface area contributed by atoms with Crippen LogP contribution in [0.1, 0.15) is 25.3 Å². The van der Waals surface area contributed by atoms with E-state index in [0.29, 0.717) is 12.0 Å². The highest BCUT2D eigenvalue weighted by atomic mass is 28.3. The van der Waals surface area contributed by atoms with Crippen molar-refractivity contribution in [2.75, 3.05) is 14.2 Å². The Balaban J connectivity index is 2.33. The first-order valence-electron chi connectivity index (χ1n) is 6.21. The van der Waals surface area contributed by atoms with Crippen LogP contribution in [0.25, 0.3) is 0 Å². The van der Waals surface area contributed by atoms with E-state index in [1.165, 1.54) is 12.1 Å². The van der Waals surface area contributed by atoms with Gasteiger partial charge in [0.2, 0.25) is 0 Å². The van der Waals surface area contributed by atoms with Crippen LogP contribution >= 0.6 is 0 Å². The van der Waals surface area contributed by atoms with Crippen molar-refractivity contribution in [3.63, 3.8) is 0 Å². The van der Waals surface area contributed by atoms with Crippen molar-refractivity contribution >= 4 is 9.53 Å². The molecular formula is C13H20F2O3Si. The summed E-state index contributed by atoms with van der Waals surface area (Å²) >= 11 is 0. The van der Waals surface area contributed by atoms with Gasteiger partial charge in [0.05, 0.1) is 0 Å². The number of benzene rings is 1. The minimum Gasteiger partial charge on any atom is -0.379 e. The molecule has 0 heterocycles. The average Bonchev–Trinajstić information content (AvgIpc) is 2.38. The molecular weight excluding hydrogens is 270 g/mol. The lowest BCUT2D eigenvalue weighted by atomic mass is 10.1. The topological polar surface area (TPSA) is 27.7 Å². The van der Waals surface area contributed by atoms with E-state index in [4.69, 9.17) is 13.3 Å². The van der Waals surface area contributed by atoms with Crippen molar-refractivity contribution < 1.29 is 22.1 Å². The van der Waals surface area contributed by atoms with Crippen molar-refractivity contribution in [2.45, 2.75) is 32.3 Å². The molecule has 1 atom stereocenters. The van der Waals surface area contributed by atoms with Crippen molar-refractivity contribution in [3.8, 4) is 0 Å². The van der Waals surface area contributed by atoms with E-state index in [1.54, 1.807) is 14.2 Å². The van der Waals surface area contributed by atoms with Gasteiger partial charge in [0, 0.05) is 26.4 Å². The fourth-order valence-corrected chi connectivity index (χ4v) is 2.70. The van der Waals surface area contributed by atoms with Gasteiger partial charge in [-0.3, -0.25) is 0 Å². The van der Waals surface area contributed by atoms with Gasteiger partial charge < -0.3 is 13.3 Å². The number of hydrogen-bond donors (Lipinski definition) is 0. The maximum Gasteiger partial charge on any atom is 0.483 e. The van der Waals surface area contributed by atoms with Crippen LogP contribution in [0.4, 0.5) is 8.78 Å². The van der Waals surface area contributed by atoms with Crippen LogP contribution in [0, 0.1) is 11.6 Å². The van der Waals surface area contributed by atoms with Crippen molar-refractivity contribution in [1.29, 1.82) is 0 Å². The summed E-state index contributed by atoms with van der Waals surface area (Å²) in [5, 5.41) is 0. The van der Waals surface area contributed by atoms with Gasteiger partial charge in [0.25, 0.3) is 0 Å². The molecule has 0 saturated carbocycles. The molecule has 19 heavy (non-hydrogen) atoms. The summed E-state index contributed by atoms with van der Waals surface area (Å²) in [6.45, 7) is 1.93. The van der Waals surface area contributed by atoms with Gasteiger partial charge in [-0.2, -0.15) is 0 Å². The van der Waals surface area contributed by atoms with E-state index in [-0.39, 0.29) is 6.10 Å². The van der Waals surface area contributed by atoms with Crippen LogP contribution in [-0.2, 0) is 19.7 Å². The van der Waals surface area contributed by atoms with E-state index in [0.717, 1.165) is 18.9 Å². The summed E-state index contributed by atoms with van der Waals surface area (Å²) in [6, 6.07) is 3.67. The first kappa shape index (κ1) is 16.2. The highest BCUT2D eigenvalue weighted by Gasteiger charge is 2.15. The summed E-state index contributed by atoms with van der Waals surface area (Å²) in [5.41, 5.74) is 0.529. The third kappa shape index (κ3) is 5.77. The predicted molar refractivity (Wildman–Crippen MR) is 71.0 cm³/mol. The van der Waals surface area contributed by atoms with Gasteiger partial charge in [-0.15, -0.1) is 0 Å². The van der Waals surface area contributed by atoms with Crippen molar-refractivity contribution in [1.82, 2.24) is 0 Å². The second-order valence-electron chi connectivity index (χ2n) is 4.33. The molecule has 0 bridgehead atoms. The van der Waals surface area contributed by atoms with Crippen molar-refractivity contribution in [3.05, 3.63) is 35.4 Å². The number of rotatable bonds is 8. The highest BCUT2D eigenvalue weighted by molar-refractivity contribution is 6.36.